The van der Waals surface area contributed by atoms with E-state index in [0.29, 0.717) is 15.4 Å². The van der Waals surface area contributed by atoms with Crippen molar-refractivity contribution in [2.45, 2.75) is 38.3 Å². The number of carbonyl (C=O) groups is 2. The molecule has 1 aliphatic carbocycles. The van der Waals surface area contributed by atoms with Gasteiger partial charge in [0.05, 0.1) is 15.4 Å². The van der Waals surface area contributed by atoms with Crippen molar-refractivity contribution < 1.29 is 22.8 Å². The lowest BCUT2D eigenvalue weighted by atomic mass is 9.83. The number of amides is 2. The number of benzene rings is 1. The van der Waals surface area contributed by atoms with Crippen LogP contribution in [0.25, 0.3) is 0 Å². The first-order valence-corrected chi connectivity index (χ1v) is 9.74. The Morgan fingerprint density at radius 2 is 1.79 bits per heavy atom. The average molecular weight is 410 g/mol. The first-order chi connectivity index (χ1) is 13.1. The SMILES string of the molecule is CC(C)(CNC(=O)c1ccc(NC(=O)C2CC2)s1)c1cccc(C(F)(F)F)c1. The third-order valence-electron chi connectivity index (χ3n) is 4.69. The summed E-state index contributed by atoms with van der Waals surface area (Å²) in [7, 11) is 0. The lowest BCUT2D eigenvalue weighted by molar-refractivity contribution is -0.137. The number of rotatable bonds is 6. The van der Waals surface area contributed by atoms with E-state index < -0.39 is 17.2 Å². The zero-order chi connectivity index (χ0) is 20.5. The van der Waals surface area contributed by atoms with E-state index in [4.69, 9.17) is 0 Å². The van der Waals surface area contributed by atoms with Gasteiger partial charge in [-0.3, -0.25) is 9.59 Å². The largest absolute Gasteiger partial charge is 0.416 e. The second-order valence-corrected chi connectivity index (χ2v) is 8.66. The summed E-state index contributed by atoms with van der Waals surface area (Å²) in [4.78, 5) is 24.6. The van der Waals surface area contributed by atoms with Crippen LogP contribution in [0.2, 0.25) is 0 Å². The minimum Gasteiger partial charge on any atom is -0.350 e. The van der Waals surface area contributed by atoms with Gasteiger partial charge in [-0.1, -0.05) is 32.0 Å². The highest BCUT2D eigenvalue weighted by atomic mass is 32.1. The average Bonchev–Trinajstić information content (AvgIpc) is 3.39. The van der Waals surface area contributed by atoms with Gasteiger partial charge in [0.25, 0.3) is 5.91 Å². The van der Waals surface area contributed by atoms with Crippen LogP contribution in [0, 0.1) is 5.92 Å². The maximum absolute atomic E-state index is 12.9. The maximum Gasteiger partial charge on any atom is 0.416 e. The molecule has 8 heteroatoms. The van der Waals surface area contributed by atoms with E-state index in [1.165, 1.54) is 17.4 Å². The molecule has 1 aromatic carbocycles. The van der Waals surface area contributed by atoms with Crippen LogP contribution in [-0.4, -0.2) is 18.4 Å². The first-order valence-electron chi connectivity index (χ1n) is 8.93. The highest BCUT2D eigenvalue weighted by molar-refractivity contribution is 7.18. The molecule has 3 rings (SSSR count). The molecule has 28 heavy (non-hydrogen) atoms. The number of hydrogen-bond acceptors (Lipinski definition) is 3. The second-order valence-electron chi connectivity index (χ2n) is 7.57. The van der Waals surface area contributed by atoms with Gasteiger partial charge in [-0.25, -0.2) is 0 Å². The molecule has 1 aromatic heterocycles. The van der Waals surface area contributed by atoms with Gasteiger partial charge in [-0.15, -0.1) is 11.3 Å². The van der Waals surface area contributed by atoms with Crippen molar-refractivity contribution in [3.63, 3.8) is 0 Å². The van der Waals surface area contributed by atoms with Gasteiger partial charge >= 0.3 is 6.18 Å². The Labute approximate surface area is 165 Å². The quantitative estimate of drug-likeness (QED) is 0.717. The molecule has 0 saturated heterocycles. The summed E-state index contributed by atoms with van der Waals surface area (Å²) in [6.07, 6.45) is -2.61. The molecule has 2 aromatic rings. The van der Waals surface area contributed by atoms with Crippen LogP contribution < -0.4 is 10.6 Å². The minimum atomic E-state index is -4.41. The van der Waals surface area contributed by atoms with Crippen molar-refractivity contribution in [2.75, 3.05) is 11.9 Å². The third kappa shape index (κ3) is 4.92. The molecule has 1 saturated carbocycles. The molecule has 0 atom stereocenters. The molecule has 4 nitrogen and oxygen atoms in total. The summed E-state index contributed by atoms with van der Waals surface area (Å²) in [5, 5.41) is 6.18. The van der Waals surface area contributed by atoms with Crippen molar-refractivity contribution in [2.24, 2.45) is 5.92 Å². The van der Waals surface area contributed by atoms with Crippen LogP contribution in [-0.2, 0) is 16.4 Å². The van der Waals surface area contributed by atoms with Gasteiger partial charge in [0.1, 0.15) is 0 Å². The monoisotopic (exact) mass is 410 g/mol. The molecule has 0 unspecified atom stereocenters. The van der Waals surface area contributed by atoms with E-state index >= 15 is 0 Å². The van der Waals surface area contributed by atoms with Gasteiger partial charge in [0, 0.05) is 17.9 Å². The van der Waals surface area contributed by atoms with Crippen LogP contribution in [0.15, 0.2) is 36.4 Å². The molecule has 1 fully saturated rings. The van der Waals surface area contributed by atoms with E-state index in [1.807, 2.05) is 0 Å². The Morgan fingerprint density at radius 1 is 1.11 bits per heavy atom. The molecule has 0 spiro atoms. The number of anilines is 1. The predicted octanol–water partition coefficient (Wildman–Crippen LogP) is 4.82. The van der Waals surface area contributed by atoms with Crippen LogP contribution in [0.3, 0.4) is 0 Å². The van der Waals surface area contributed by atoms with Crippen molar-refractivity contribution in [1.29, 1.82) is 0 Å². The third-order valence-corrected chi connectivity index (χ3v) is 5.69. The lowest BCUT2D eigenvalue weighted by Crippen LogP contribution is -2.36. The highest BCUT2D eigenvalue weighted by Gasteiger charge is 2.32. The number of hydrogen-bond donors (Lipinski definition) is 2. The number of halogens is 3. The Balaban J connectivity index is 1.62. The van der Waals surface area contributed by atoms with Crippen LogP contribution >= 0.6 is 11.3 Å². The van der Waals surface area contributed by atoms with Crippen molar-refractivity contribution in [3.8, 4) is 0 Å². The lowest BCUT2D eigenvalue weighted by Gasteiger charge is -2.26. The summed E-state index contributed by atoms with van der Waals surface area (Å²) in [5.74, 6) is -0.274. The van der Waals surface area contributed by atoms with E-state index in [2.05, 4.69) is 10.6 Å². The van der Waals surface area contributed by atoms with Gasteiger partial charge in [-0.05, 0) is 36.6 Å². The number of carbonyl (C=O) groups excluding carboxylic acids is 2. The molecular weight excluding hydrogens is 389 g/mol. The Bertz CT molecular complexity index is 886. The number of thiophene rings is 1. The summed E-state index contributed by atoms with van der Waals surface area (Å²) in [5.41, 5.74) is -0.901. The topological polar surface area (TPSA) is 58.2 Å². The molecule has 150 valence electrons. The summed E-state index contributed by atoms with van der Waals surface area (Å²) >= 11 is 1.17. The summed E-state index contributed by atoms with van der Waals surface area (Å²) in [6.45, 7) is 3.73. The first kappa shape index (κ1) is 20.4. The number of nitrogens with one attached hydrogen (secondary N) is 2. The van der Waals surface area contributed by atoms with Gasteiger partial charge in [-0.2, -0.15) is 13.2 Å². The molecule has 2 amide bonds. The van der Waals surface area contributed by atoms with Crippen LogP contribution in [0.4, 0.5) is 18.2 Å². The standard InChI is InChI=1S/C20H21F3N2O2S/c1-19(2,13-4-3-5-14(10-13)20(21,22)23)11-24-18(27)15-8-9-16(28-15)25-17(26)12-6-7-12/h3-5,8-10,12H,6-7,11H2,1-2H3,(H,24,27)(H,25,26). The highest BCUT2D eigenvalue weighted by Crippen LogP contribution is 2.33. The molecule has 0 bridgehead atoms. The zero-order valence-electron chi connectivity index (χ0n) is 15.5. The van der Waals surface area contributed by atoms with Crippen LogP contribution in [0.1, 0.15) is 47.5 Å². The maximum atomic E-state index is 12.9. The van der Waals surface area contributed by atoms with Crippen LogP contribution in [0.5, 0.6) is 0 Å². The normalized spacial score (nSPS) is 14.6. The Kier molecular flexibility index (Phi) is 5.52. The van der Waals surface area contributed by atoms with E-state index in [9.17, 15) is 22.8 Å². The second kappa shape index (κ2) is 7.58. The van der Waals surface area contributed by atoms with E-state index in [1.54, 1.807) is 32.0 Å². The van der Waals surface area contributed by atoms with Crippen molar-refractivity contribution >= 4 is 28.2 Å². The Hall–Kier alpha value is -2.35. The molecule has 1 heterocycles. The smallest absolute Gasteiger partial charge is 0.350 e. The molecule has 0 radical (unpaired) electrons. The summed E-state index contributed by atoms with van der Waals surface area (Å²) < 4.78 is 38.8. The van der Waals surface area contributed by atoms with Gasteiger partial charge in [0.2, 0.25) is 5.91 Å². The van der Waals surface area contributed by atoms with Gasteiger partial charge < -0.3 is 10.6 Å². The van der Waals surface area contributed by atoms with Gasteiger partial charge in [0.15, 0.2) is 0 Å². The summed E-state index contributed by atoms with van der Waals surface area (Å²) in [6, 6.07) is 8.44. The predicted molar refractivity (Wildman–Crippen MR) is 102 cm³/mol. The molecule has 0 aliphatic heterocycles. The fourth-order valence-corrected chi connectivity index (χ4v) is 3.53. The molecule has 1 aliphatic rings. The fraction of sp³-hybridized carbons (Fsp3) is 0.400. The number of alkyl halides is 3. The van der Waals surface area contributed by atoms with Crippen molar-refractivity contribution in [1.82, 2.24) is 5.32 Å². The van der Waals surface area contributed by atoms with Crippen molar-refractivity contribution in [3.05, 3.63) is 52.4 Å². The van der Waals surface area contributed by atoms with E-state index in [0.717, 1.165) is 25.0 Å². The van der Waals surface area contributed by atoms with E-state index in [-0.39, 0.29) is 24.3 Å². The molecular formula is C20H21F3N2O2S. The zero-order valence-corrected chi connectivity index (χ0v) is 16.3. The minimum absolute atomic E-state index is 0.0283. The molecule has 2 N–H and O–H groups in total. The fourth-order valence-electron chi connectivity index (χ4n) is 2.70. The Morgan fingerprint density at radius 3 is 2.43 bits per heavy atom.